The van der Waals surface area contributed by atoms with Gasteiger partial charge in [-0.05, 0) is 48.0 Å². The van der Waals surface area contributed by atoms with E-state index in [2.05, 4.69) is 0 Å². The largest absolute Gasteiger partial charge is 0.289 e. The lowest BCUT2D eigenvalue weighted by atomic mass is 10.1. The predicted molar refractivity (Wildman–Crippen MR) is 96.3 cm³/mol. The van der Waals surface area contributed by atoms with E-state index in [1.54, 1.807) is 13.8 Å². The Morgan fingerprint density at radius 3 is 2.15 bits per heavy atom. The first-order chi connectivity index (χ1) is 12.3. The molecule has 0 aromatic heterocycles. The van der Waals surface area contributed by atoms with Gasteiger partial charge in [-0.1, -0.05) is 26.0 Å². The quantitative estimate of drug-likeness (QED) is 0.542. The van der Waals surface area contributed by atoms with Crippen LogP contribution in [0.2, 0.25) is 0 Å². The van der Waals surface area contributed by atoms with E-state index in [9.17, 15) is 22.0 Å². The molecule has 0 aliphatic heterocycles. The zero-order valence-corrected chi connectivity index (χ0v) is 15.3. The summed E-state index contributed by atoms with van der Waals surface area (Å²) in [5.41, 5.74) is 0.639. The van der Waals surface area contributed by atoms with Crippen LogP contribution in [0.4, 0.5) is 8.78 Å². The minimum absolute atomic E-state index is 0.113. The summed E-state index contributed by atoms with van der Waals surface area (Å²) in [6, 6.07) is 8.92. The number of carbonyl (C=O) groups excluding carboxylic acids is 1. The average molecular weight is 379 g/mol. The van der Waals surface area contributed by atoms with Crippen molar-refractivity contribution in [3.63, 3.8) is 0 Å². The second kappa shape index (κ2) is 8.33. The Bertz CT molecular complexity index is 918. The van der Waals surface area contributed by atoms with Crippen LogP contribution in [0.15, 0.2) is 53.4 Å². The first-order valence-corrected chi connectivity index (χ1v) is 9.51. The highest BCUT2D eigenvalue weighted by Gasteiger charge is 2.21. The number of sulfonamides is 1. The zero-order chi connectivity index (χ0) is 19.3. The Kier molecular flexibility index (Phi) is 6.39. The van der Waals surface area contributed by atoms with Crippen LogP contribution in [0.1, 0.15) is 29.8 Å². The number of hydrogen-bond donors (Lipinski definition) is 0. The maximum atomic E-state index is 13.2. The lowest BCUT2D eigenvalue weighted by Gasteiger charge is -2.18. The molecule has 0 heterocycles. The Morgan fingerprint density at radius 1 is 1.00 bits per heavy atom. The predicted octanol–water partition coefficient (Wildman–Crippen LogP) is 3.89. The fourth-order valence-electron chi connectivity index (χ4n) is 2.39. The molecule has 0 bridgehead atoms. The van der Waals surface area contributed by atoms with Crippen molar-refractivity contribution in [2.24, 2.45) is 0 Å². The Labute approximate surface area is 151 Å². The Morgan fingerprint density at radius 2 is 1.62 bits per heavy atom. The van der Waals surface area contributed by atoms with Crippen LogP contribution in [0, 0.1) is 11.6 Å². The normalized spacial score (nSPS) is 12.0. The van der Waals surface area contributed by atoms with Gasteiger partial charge in [-0.3, -0.25) is 4.79 Å². The van der Waals surface area contributed by atoms with Crippen molar-refractivity contribution >= 4 is 21.9 Å². The number of hydrogen-bond acceptors (Lipinski definition) is 3. The average Bonchev–Trinajstić information content (AvgIpc) is 2.63. The molecule has 138 valence electrons. The molecule has 0 unspecified atom stereocenters. The molecule has 26 heavy (non-hydrogen) atoms. The second-order valence-electron chi connectivity index (χ2n) is 5.48. The molecule has 0 aliphatic carbocycles. The van der Waals surface area contributed by atoms with Gasteiger partial charge in [0.15, 0.2) is 17.4 Å². The van der Waals surface area contributed by atoms with Crippen molar-refractivity contribution < 1.29 is 22.0 Å². The first kappa shape index (κ1) is 19.9. The molecule has 0 saturated carbocycles. The third-order valence-electron chi connectivity index (χ3n) is 3.85. The van der Waals surface area contributed by atoms with Crippen LogP contribution in [0.25, 0.3) is 6.08 Å². The van der Waals surface area contributed by atoms with Crippen molar-refractivity contribution in [1.82, 2.24) is 4.31 Å². The molecular formula is C19H19F2NO3S. The minimum atomic E-state index is -3.58. The monoisotopic (exact) mass is 379 g/mol. The summed E-state index contributed by atoms with van der Waals surface area (Å²) in [6.07, 6.45) is 2.59. The van der Waals surface area contributed by atoms with E-state index >= 15 is 0 Å². The van der Waals surface area contributed by atoms with Gasteiger partial charge in [-0.2, -0.15) is 4.31 Å². The fraction of sp³-hybridized carbons (Fsp3) is 0.211. The summed E-state index contributed by atoms with van der Waals surface area (Å²) < 4.78 is 52.2. The van der Waals surface area contributed by atoms with E-state index < -0.39 is 21.7 Å². The van der Waals surface area contributed by atoms with Crippen LogP contribution in [-0.4, -0.2) is 31.6 Å². The molecule has 0 aliphatic rings. The van der Waals surface area contributed by atoms with E-state index in [-0.39, 0.29) is 10.7 Å². The molecule has 2 rings (SSSR count). The highest BCUT2D eigenvalue weighted by molar-refractivity contribution is 7.89. The summed E-state index contributed by atoms with van der Waals surface area (Å²) in [5, 5.41) is 0. The number of allylic oxidation sites excluding steroid dienone is 1. The summed E-state index contributed by atoms with van der Waals surface area (Å²) in [4.78, 5) is 12.3. The molecule has 4 nitrogen and oxygen atoms in total. The van der Waals surface area contributed by atoms with Crippen molar-refractivity contribution in [3.8, 4) is 0 Å². The molecule has 0 atom stereocenters. The SMILES string of the molecule is CCN(CC)S(=O)(=O)c1ccc(C(=O)C=Cc2ccc(F)c(F)c2)cc1. The van der Waals surface area contributed by atoms with Crippen LogP contribution < -0.4 is 0 Å². The molecule has 0 amide bonds. The third-order valence-corrected chi connectivity index (χ3v) is 5.92. The Balaban J connectivity index is 2.18. The fourth-order valence-corrected chi connectivity index (χ4v) is 3.85. The maximum absolute atomic E-state index is 13.2. The standard InChI is InChI=1S/C19H19F2NO3S/c1-3-22(4-2)26(24,25)16-9-7-15(8-10-16)19(23)12-6-14-5-11-17(20)18(21)13-14/h5-13H,3-4H2,1-2H3. The molecular weight excluding hydrogens is 360 g/mol. The van der Waals surface area contributed by atoms with Gasteiger partial charge in [0, 0.05) is 18.7 Å². The van der Waals surface area contributed by atoms with E-state index in [1.807, 2.05) is 0 Å². The van der Waals surface area contributed by atoms with E-state index in [1.165, 1.54) is 46.8 Å². The summed E-state index contributed by atoms with van der Waals surface area (Å²) in [6.45, 7) is 4.22. The van der Waals surface area contributed by atoms with Gasteiger partial charge in [0.1, 0.15) is 0 Å². The highest BCUT2D eigenvalue weighted by Crippen LogP contribution is 2.17. The molecule has 2 aromatic rings. The summed E-state index contributed by atoms with van der Waals surface area (Å²) in [7, 11) is -3.58. The number of nitrogens with zero attached hydrogens (tertiary/aromatic N) is 1. The maximum Gasteiger partial charge on any atom is 0.243 e. The highest BCUT2D eigenvalue weighted by atomic mass is 32.2. The van der Waals surface area contributed by atoms with Gasteiger partial charge in [-0.15, -0.1) is 0 Å². The topological polar surface area (TPSA) is 54.5 Å². The van der Waals surface area contributed by atoms with Crippen molar-refractivity contribution in [1.29, 1.82) is 0 Å². The molecule has 0 saturated heterocycles. The molecule has 0 fully saturated rings. The minimum Gasteiger partial charge on any atom is -0.289 e. The van der Waals surface area contributed by atoms with Gasteiger partial charge in [-0.25, -0.2) is 17.2 Å². The van der Waals surface area contributed by atoms with Gasteiger partial charge >= 0.3 is 0 Å². The smallest absolute Gasteiger partial charge is 0.243 e. The van der Waals surface area contributed by atoms with Gasteiger partial charge in [0.25, 0.3) is 0 Å². The Hall–Kier alpha value is -2.38. The first-order valence-electron chi connectivity index (χ1n) is 8.07. The van der Waals surface area contributed by atoms with Crippen molar-refractivity contribution in [2.45, 2.75) is 18.7 Å². The van der Waals surface area contributed by atoms with Gasteiger partial charge in [0.2, 0.25) is 10.0 Å². The molecule has 0 spiro atoms. The number of carbonyl (C=O) groups is 1. The van der Waals surface area contributed by atoms with Crippen molar-refractivity contribution in [3.05, 3.63) is 71.3 Å². The van der Waals surface area contributed by atoms with Gasteiger partial charge < -0.3 is 0 Å². The number of rotatable bonds is 7. The van der Waals surface area contributed by atoms with E-state index in [4.69, 9.17) is 0 Å². The molecule has 7 heteroatoms. The lowest BCUT2D eigenvalue weighted by Crippen LogP contribution is -2.30. The van der Waals surface area contributed by atoms with Crippen LogP contribution in [0.5, 0.6) is 0 Å². The van der Waals surface area contributed by atoms with Crippen LogP contribution in [-0.2, 0) is 10.0 Å². The van der Waals surface area contributed by atoms with Crippen molar-refractivity contribution in [2.75, 3.05) is 13.1 Å². The summed E-state index contributed by atoms with van der Waals surface area (Å²) >= 11 is 0. The molecule has 0 N–H and O–H groups in total. The molecule has 2 aromatic carbocycles. The van der Waals surface area contributed by atoms with Crippen LogP contribution >= 0.6 is 0 Å². The number of benzene rings is 2. The lowest BCUT2D eigenvalue weighted by molar-refractivity contribution is 0.104. The summed E-state index contributed by atoms with van der Waals surface area (Å²) in [5.74, 6) is -2.33. The third kappa shape index (κ3) is 4.42. The van der Waals surface area contributed by atoms with Gasteiger partial charge in [0.05, 0.1) is 4.90 Å². The van der Waals surface area contributed by atoms with E-state index in [0.717, 1.165) is 12.1 Å². The van der Waals surface area contributed by atoms with Crippen LogP contribution in [0.3, 0.4) is 0 Å². The number of halogens is 2. The van der Waals surface area contributed by atoms with E-state index in [0.29, 0.717) is 24.2 Å². The molecule has 0 radical (unpaired) electrons. The second-order valence-corrected chi connectivity index (χ2v) is 7.42. The number of ketones is 1. The zero-order valence-electron chi connectivity index (χ0n) is 14.4.